The lowest BCUT2D eigenvalue weighted by molar-refractivity contribution is -0.138. The molecule has 0 amide bonds. The predicted octanol–water partition coefficient (Wildman–Crippen LogP) is 3.27. The third kappa shape index (κ3) is 2.53. The fraction of sp³-hybridized carbons (Fsp3) is 0.273. The minimum Gasteiger partial charge on any atom is -0.166 e. The highest BCUT2D eigenvalue weighted by atomic mass is 19.4. The van der Waals surface area contributed by atoms with Gasteiger partial charge in [-0.3, -0.25) is 0 Å². The highest BCUT2D eigenvalue weighted by molar-refractivity contribution is 5.32. The van der Waals surface area contributed by atoms with Crippen LogP contribution < -0.4 is 0 Å². The Labute approximate surface area is 80.8 Å². The van der Waals surface area contributed by atoms with Crippen LogP contribution in [0.1, 0.15) is 18.1 Å². The van der Waals surface area contributed by atoms with Gasteiger partial charge in [0.15, 0.2) is 0 Å². The van der Waals surface area contributed by atoms with E-state index >= 15 is 0 Å². The van der Waals surface area contributed by atoms with Gasteiger partial charge in [-0.2, -0.15) is 13.2 Å². The molecule has 0 bridgehead atoms. The van der Waals surface area contributed by atoms with Crippen LogP contribution >= 0.6 is 0 Å². The quantitative estimate of drug-likeness (QED) is 0.607. The summed E-state index contributed by atoms with van der Waals surface area (Å²) < 4.78 is 37.3. The summed E-state index contributed by atoms with van der Waals surface area (Å²) in [5.74, 6) is 5.20. The van der Waals surface area contributed by atoms with Gasteiger partial charge >= 0.3 is 6.18 Å². The summed E-state index contributed by atoms with van der Waals surface area (Å²) >= 11 is 0. The van der Waals surface area contributed by atoms with Crippen molar-refractivity contribution in [1.29, 1.82) is 0 Å². The summed E-state index contributed by atoms with van der Waals surface area (Å²) in [5, 5.41) is 0. The summed E-state index contributed by atoms with van der Waals surface area (Å²) in [4.78, 5) is 0. The van der Waals surface area contributed by atoms with Gasteiger partial charge in [0.1, 0.15) is 0 Å². The van der Waals surface area contributed by atoms with Crippen LogP contribution in [0.25, 0.3) is 0 Å². The van der Waals surface area contributed by atoms with E-state index in [1.54, 1.807) is 13.0 Å². The molecule has 0 heterocycles. The molecule has 0 radical (unpaired) electrons. The highest BCUT2D eigenvalue weighted by Crippen LogP contribution is 2.31. The molecule has 0 aliphatic rings. The first-order valence-corrected chi connectivity index (χ1v) is 4.10. The zero-order chi connectivity index (χ0) is 10.6. The third-order valence-electron chi connectivity index (χ3n) is 1.78. The molecule has 0 nitrogen and oxygen atoms in total. The average Bonchev–Trinajstić information content (AvgIpc) is 2.14. The predicted molar refractivity (Wildman–Crippen MR) is 48.6 cm³/mol. The molecule has 0 aromatic heterocycles. The van der Waals surface area contributed by atoms with E-state index in [-0.39, 0.29) is 12.0 Å². The van der Waals surface area contributed by atoms with Crippen molar-refractivity contribution >= 4 is 0 Å². The molecule has 0 atom stereocenters. The molecule has 0 unspecified atom stereocenters. The molecule has 1 aromatic carbocycles. The Bertz CT molecular complexity index is 366. The van der Waals surface area contributed by atoms with Crippen LogP contribution in [0.5, 0.6) is 0 Å². The van der Waals surface area contributed by atoms with E-state index < -0.39 is 11.7 Å². The van der Waals surface area contributed by atoms with Gasteiger partial charge in [-0.1, -0.05) is 24.1 Å². The molecule has 14 heavy (non-hydrogen) atoms. The molecule has 0 fully saturated rings. The minimum absolute atomic E-state index is 0.145. The van der Waals surface area contributed by atoms with Crippen LogP contribution in [-0.2, 0) is 12.6 Å². The Hall–Kier alpha value is -1.43. The molecule has 1 rings (SSSR count). The molecule has 0 aliphatic heterocycles. The van der Waals surface area contributed by atoms with Gasteiger partial charge in [0.2, 0.25) is 0 Å². The first-order chi connectivity index (χ1) is 6.55. The van der Waals surface area contributed by atoms with E-state index in [4.69, 9.17) is 0 Å². The van der Waals surface area contributed by atoms with Crippen molar-refractivity contribution in [2.45, 2.75) is 19.5 Å². The maximum atomic E-state index is 12.4. The van der Waals surface area contributed by atoms with Gasteiger partial charge in [0, 0.05) is 6.42 Å². The van der Waals surface area contributed by atoms with Crippen molar-refractivity contribution in [2.75, 3.05) is 0 Å². The Morgan fingerprint density at radius 3 is 2.43 bits per heavy atom. The number of halogens is 3. The van der Waals surface area contributed by atoms with Crippen LogP contribution in [0.4, 0.5) is 13.2 Å². The summed E-state index contributed by atoms with van der Waals surface area (Å²) in [5.41, 5.74) is -0.364. The molecule has 3 heteroatoms. The summed E-state index contributed by atoms with van der Waals surface area (Å²) in [6.07, 6.45) is -4.14. The van der Waals surface area contributed by atoms with Gasteiger partial charge in [-0.25, -0.2) is 0 Å². The fourth-order valence-corrected chi connectivity index (χ4v) is 1.13. The summed E-state index contributed by atoms with van der Waals surface area (Å²) in [6, 6.07) is 5.49. The second-order valence-corrected chi connectivity index (χ2v) is 2.76. The standard InChI is InChI=1S/C11H9F3/c1-2-3-6-9-7-4-5-8-10(9)11(12,13)14/h4-5,7-8H,6H2,1H3. The Balaban J connectivity index is 3.07. The zero-order valence-electron chi connectivity index (χ0n) is 7.65. The van der Waals surface area contributed by atoms with E-state index in [1.165, 1.54) is 12.1 Å². The number of hydrogen-bond acceptors (Lipinski definition) is 0. The van der Waals surface area contributed by atoms with Crippen LogP contribution in [0, 0.1) is 11.8 Å². The van der Waals surface area contributed by atoms with Gasteiger partial charge in [0.05, 0.1) is 5.56 Å². The topological polar surface area (TPSA) is 0 Å². The Kier molecular flexibility index (Phi) is 3.19. The third-order valence-corrected chi connectivity index (χ3v) is 1.78. The summed E-state index contributed by atoms with van der Waals surface area (Å²) in [7, 11) is 0. The van der Waals surface area contributed by atoms with E-state index in [0.29, 0.717) is 0 Å². The number of alkyl halides is 3. The molecule has 0 spiro atoms. The molecule has 0 saturated carbocycles. The first-order valence-electron chi connectivity index (χ1n) is 4.10. The smallest absolute Gasteiger partial charge is 0.166 e. The van der Waals surface area contributed by atoms with Gasteiger partial charge in [-0.05, 0) is 18.6 Å². The summed E-state index contributed by atoms with van der Waals surface area (Å²) in [6.45, 7) is 1.61. The SMILES string of the molecule is CC#CCc1ccccc1C(F)(F)F. The molecule has 0 N–H and O–H groups in total. The largest absolute Gasteiger partial charge is 0.416 e. The lowest BCUT2D eigenvalue weighted by Gasteiger charge is -2.10. The number of hydrogen-bond donors (Lipinski definition) is 0. The van der Waals surface area contributed by atoms with Crippen LogP contribution in [0.3, 0.4) is 0 Å². The Morgan fingerprint density at radius 2 is 1.86 bits per heavy atom. The molecule has 74 valence electrons. The van der Waals surface area contributed by atoms with Crippen molar-refractivity contribution in [1.82, 2.24) is 0 Å². The normalized spacial score (nSPS) is 10.6. The van der Waals surface area contributed by atoms with Crippen molar-refractivity contribution in [3.8, 4) is 11.8 Å². The molecule has 0 saturated heterocycles. The second kappa shape index (κ2) is 4.19. The highest BCUT2D eigenvalue weighted by Gasteiger charge is 2.32. The minimum atomic E-state index is -4.29. The van der Waals surface area contributed by atoms with E-state index in [1.807, 2.05) is 0 Å². The monoisotopic (exact) mass is 198 g/mol. The second-order valence-electron chi connectivity index (χ2n) is 2.76. The Morgan fingerprint density at radius 1 is 1.21 bits per heavy atom. The maximum absolute atomic E-state index is 12.4. The molecular weight excluding hydrogens is 189 g/mol. The van der Waals surface area contributed by atoms with Crippen molar-refractivity contribution in [3.63, 3.8) is 0 Å². The van der Waals surface area contributed by atoms with Crippen molar-refractivity contribution in [3.05, 3.63) is 35.4 Å². The van der Waals surface area contributed by atoms with Crippen LogP contribution in [0.15, 0.2) is 24.3 Å². The van der Waals surface area contributed by atoms with Crippen molar-refractivity contribution < 1.29 is 13.2 Å². The van der Waals surface area contributed by atoms with E-state index in [9.17, 15) is 13.2 Å². The number of rotatable bonds is 1. The molecule has 0 aliphatic carbocycles. The van der Waals surface area contributed by atoms with E-state index in [2.05, 4.69) is 11.8 Å². The lowest BCUT2D eigenvalue weighted by Crippen LogP contribution is -2.08. The van der Waals surface area contributed by atoms with Gasteiger partial charge < -0.3 is 0 Å². The van der Waals surface area contributed by atoms with Crippen LogP contribution in [0.2, 0.25) is 0 Å². The van der Waals surface area contributed by atoms with Gasteiger partial charge in [0.25, 0.3) is 0 Å². The van der Waals surface area contributed by atoms with Crippen LogP contribution in [-0.4, -0.2) is 0 Å². The van der Waals surface area contributed by atoms with E-state index in [0.717, 1.165) is 6.07 Å². The van der Waals surface area contributed by atoms with Crippen molar-refractivity contribution in [2.24, 2.45) is 0 Å². The average molecular weight is 198 g/mol. The molecular formula is C11H9F3. The first kappa shape index (κ1) is 10.6. The maximum Gasteiger partial charge on any atom is 0.416 e. The number of benzene rings is 1. The fourth-order valence-electron chi connectivity index (χ4n) is 1.13. The lowest BCUT2D eigenvalue weighted by atomic mass is 10.0. The van der Waals surface area contributed by atoms with Gasteiger partial charge in [-0.15, -0.1) is 5.92 Å². The zero-order valence-corrected chi connectivity index (χ0v) is 7.65. The molecule has 1 aromatic rings.